The quantitative estimate of drug-likeness (QED) is 0.688. The Bertz CT molecular complexity index is 832. The van der Waals surface area contributed by atoms with Crippen LogP contribution < -0.4 is 0 Å². The van der Waals surface area contributed by atoms with Gasteiger partial charge in [0.2, 0.25) is 21.8 Å². The van der Waals surface area contributed by atoms with Gasteiger partial charge < -0.3 is 14.5 Å². The lowest BCUT2D eigenvalue weighted by atomic mass is 10.1. The lowest BCUT2D eigenvalue weighted by molar-refractivity contribution is -0.160. The molecule has 1 aliphatic carbocycles. The number of nitrogens with zero attached hydrogens (tertiary/aromatic N) is 3. The smallest absolute Gasteiger partial charge is 0.249 e. The molecule has 2 heterocycles. The van der Waals surface area contributed by atoms with Gasteiger partial charge in [0.25, 0.3) is 0 Å². The fourth-order valence-electron chi connectivity index (χ4n) is 3.74. The lowest BCUT2D eigenvalue weighted by Crippen LogP contribution is -2.60. The number of rotatable bonds is 5. The van der Waals surface area contributed by atoms with Gasteiger partial charge in [0, 0.05) is 32.7 Å². The molecule has 2 saturated heterocycles. The fraction of sp³-hybridized carbons (Fsp3) is 0.579. The molecule has 1 atom stereocenters. The minimum absolute atomic E-state index is 0.0238. The summed E-state index contributed by atoms with van der Waals surface area (Å²) in [7, 11) is -3.22. The first-order valence-corrected chi connectivity index (χ1v) is 11.2. The Morgan fingerprint density at radius 3 is 2.39 bits per heavy atom. The third kappa shape index (κ3) is 3.92. The summed E-state index contributed by atoms with van der Waals surface area (Å²) < 4.78 is 31.6. The maximum atomic E-state index is 13.1. The summed E-state index contributed by atoms with van der Waals surface area (Å²) in [6, 6.07) is 8.88. The maximum absolute atomic E-state index is 13.1. The number of piperazine rings is 1. The molecule has 9 heteroatoms. The van der Waals surface area contributed by atoms with Crippen molar-refractivity contribution in [3.8, 4) is 0 Å². The zero-order valence-corrected chi connectivity index (χ0v) is 16.5. The molecule has 1 saturated carbocycles. The number of ether oxygens (including phenoxy) is 1. The Morgan fingerprint density at radius 1 is 1.07 bits per heavy atom. The van der Waals surface area contributed by atoms with Gasteiger partial charge in [0.15, 0.2) is 0 Å². The number of carbonyl (C=O) groups excluding carboxylic acids is 2. The van der Waals surface area contributed by atoms with Crippen LogP contribution in [-0.2, 0) is 30.9 Å². The highest BCUT2D eigenvalue weighted by Gasteiger charge is 2.43. The van der Waals surface area contributed by atoms with Crippen LogP contribution >= 0.6 is 0 Å². The molecule has 1 aromatic rings. The van der Waals surface area contributed by atoms with Gasteiger partial charge in [-0.05, 0) is 18.4 Å². The molecule has 0 aromatic heterocycles. The number of hydrogen-bond donors (Lipinski definition) is 0. The van der Waals surface area contributed by atoms with Crippen LogP contribution in [0.5, 0.6) is 0 Å². The molecular weight excluding hydrogens is 382 g/mol. The van der Waals surface area contributed by atoms with Crippen molar-refractivity contribution in [2.45, 2.75) is 30.7 Å². The Kier molecular flexibility index (Phi) is 5.39. The zero-order valence-electron chi connectivity index (χ0n) is 15.7. The summed E-state index contributed by atoms with van der Waals surface area (Å²) in [5.41, 5.74) is 0.955. The molecule has 2 amide bonds. The number of sulfonamides is 1. The number of hydrogen-bond acceptors (Lipinski definition) is 5. The van der Waals surface area contributed by atoms with E-state index in [9.17, 15) is 18.0 Å². The van der Waals surface area contributed by atoms with Gasteiger partial charge in [-0.25, -0.2) is 8.42 Å². The Morgan fingerprint density at radius 2 is 1.75 bits per heavy atom. The average Bonchev–Trinajstić information content (AvgIpc) is 3.56. The highest BCUT2D eigenvalue weighted by molar-refractivity contribution is 7.90. The van der Waals surface area contributed by atoms with Crippen molar-refractivity contribution in [1.82, 2.24) is 14.1 Å². The summed E-state index contributed by atoms with van der Waals surface area (Å²) in [5.74, 6) is -0.379. The third-order valence-corrected chi connectivity index (χ3v) is 7.93. The van der Waals surface area contributed by atoms with Crippen LogP contribution in [-0.4, -0.2) is 85.0 Å². The predicted molar refractivity (Wildman–Crippen MR) is 102 cm³/mol. The normalized spacial score (nSPS) is 24.4. The number of morpholine rings is 1. The van der Waals surface area contributed by atoms with Crippen LogP contribution in [0.4, 0.5) is 0 Å². The molecule has 8 nitrogen and oxygen atoms in total. The SMILES string of the molecule is O=C(C1COCC(=O)N1Cc1ccccc1)N1CCN(S(=O)(=O)C2CC2)CC1. The van der Waals surface area contributed by atoms with E-state index in [1.165, 1.54) is 4.31 Å². The average molecular weight is 407 g/mol. The molecule has 3 fully saturated rings. The van der Waals surface area contributed by atoms with E-state index in [1.54, 1.807) is 9.80 Å². The standard InChI is InChI=1S/C19H25N3O5S/c23-18-14-27-13-17(22(18)12-15-4-2-1-3-5-15)19(24)20-8-10-21(11-9-20)28(25,26)16-6-7-16/h1-5,16-17H,6-14H2. The van der Waals surface area contributed by atoms with Gasteiger partial charge in [-0.1, -0.05) is 30.3 Å². The van der Waals surface area contributed by atoms with E-state index in [1.807, 2.05) is 30.3 Å². The van der Waals surface area contributed by atoms with Gasteiger partial charge in [-0.3, -0.25) is 9.59 Å². The number of amides is 2. The highest BCUT2D eigenvalue weighted by Crippen LogP contribution is 2.31. The van der Waals surface area contributed by atoms with Crippen LogP contribution in [0.15, 0.2) is 30.3 Å². The first-order chi connectivity index (χ1) is 13.5. The van der Waals surface area contributed by atoms with Crippen LogP contribution in [0.1, 0.15) is 18.4 Å². The summed E-state index contributed by atoms with van der Waals surface area (Å²) >= 11 is 0. The van der Waals surface area contributed by atoms with E-state index in [0.717, 1.165) is 18.4 Å². The molecule has 2 aliphatic heterocycles. The molecule has 152 valence electrons. The van der Waals surface area contributed by atoms with Crippen molar-refractivity contribution in [1.29, 1.82) is 0 Å². The van der Waals surface area contributed by atoms with Crippen molar-refractivity contribution in [2.75, 3.05) is 39.4 Å². The molecule has 28 heavy (non-hydrogen) atoms. The Hall–Kier alpha value is -1.97. The molecule has 0 spiro atoms. The number of benzene rings is 1. The lowest BCUT2D eigenvalue weighted by Gasteiger charge is -2.40. The van der Waals surface area contributed by atoms with Gasteiger partial charge in [-0.15, -0.1) is 0 Å². The van der Waals surface area contributed by atoms with Crippen LogP contribution in [0.25, 0.3) is 0 Å². The second-order valence-corrected chi connectivity index (χ2v) is 9.72. The largest absolute Gasteiger partial charge is 0.369 e. The van der Waals surface area contributed by atoms with Crippen molar-refractivity contribution >= 4 is 21.8 Å². The van der Waals surface area contributed by atoms with Gasteiger partial charge >= 0.3 is 0 Å². The summed E-state index contributed by atoms with van der Waals surface area (Å²) in [6.45, 7) is 1.80. The van der Waals surface area contributed by atoms with E-state index in [0.29, 0.717) is 32.7 Å². The maximum Gasteiger partial charge on any atom is 0.249 e. The Labute approximate surface area is 165 Å². The van der Waals surface area contributed by atoms with E-state index < -0.39 is 16.1 Å². The minimum Gasteiger partial charge on any atom is -0.369 e. The molecule has 4 rings (SSSR count). The van der Waals surface area contributed by atoms with E-state index in [-0.39, 0.29) is 30.3 Å². The minimum atomic E-state index is -3.22. The monoisotopic (exact) mass is 407 g/mol. The Balaban J connectivity index is 1.42. The van der Waals surface area contributed by atoms with E-state index >= 15 is 0 Å². The van der Waals surface area contributed by atoms with E-state index in [2.05, 4.69) is 0 Å². The number of carbonyl (C=O) groups is 2. The third-order valence-electron chi connectivity index (χ3n) is 5.53. The van der Waals surface area contributed by atoms with Gasteiger partial charge in [0.1, 0.15) is 12.6 Å². The van der Waals surface area contributed by atoms with Crippen LogP contribution in [0.3, 0.4) is 0 Å². The molecule has 3 aliphatic rings. The van der Waals surface area contributed by atoms with Gasteiger partial charge in [0.05, 0.1) is 11.9 Å². The van der Waals surface area contributed by atoms with Crippen molar-refractivity contribution in [2.24, 2.45) is 0 Å². The zero-order chi connectivity index (χ0) is 19.7. The highest BCUT2D eigenvalue weighted by atomic mass is 32.2. The van der Waals surface area contributed by atoms with Crippen molar-refractivity contribution in [3.63, 3.8) is 0 Å². The van der Waals surface area contributed by atoms with Crippen molar-refractivity contribution < 1.29 is 22.7 Å². The van der Waals surface area contributed by atoms with Crippen molar-refractivity contribution in [3.05, 3.63) is 35.9 Å². The molecule has 1 unspecified atom stereocenters. The summed E-state index contributed by atoms with van der Waals surface area (Å²) in [6.07, 6.45) is 1.47. The second-order valence-electron chi connectivity index (χ2n) is 7.51. The van der Waals surface area contributed by atoms with Crippen LogP contribution in [0.2, 0.25) is 0 Å². The molecule has 0 bridgehead atoms. The first-order valence-electron chi connectivity index (χ1n) is 9.65. The topological polar surface area (TPSA) is 87.2 Å². The fourth-order valence-corrected chi connectivity index (χ4v) is 5.56. The molecule has 1 aromatic carbocycles. The predicted octanol–water partition coefficient (Wildman–Crippen LogP) is 0.0504. The summed E-state index contributed by atoms with van der Waals surface area (Å²) in [5, 5.41) is -0.236. The van der Waals surface area contributed by atoms with E-state index in [4.69, 9.17) is 4.74 Å². The molecule has 0 radical (unpaired) electrons. The molecular formula is C19H25N3O5S. The molecule has 0 N–H and O–H groups in total. The summed E-state index contributed by atoms with van der Waals surface area (Å²) in [4.78, 5) is 28.7. The van der Waals surface area contributed by atoms with Crippen LogP contribution in [0, 0.1) is 0 Å². The van der Waals surface area contributed by atoms with Gasteiger partial charge in [-0.2, -0.15) is 4.31 Å². The first kappa shape index (κ1) is 19.4. The second kappa shape index (κ2) is 7.81.